The minimum absolute atomic E-state index is 0.257. The van der Waals surface area contributed by atoms with Gasteiger partial charge in [-0.2, -0.15) is 0 Å². The number of ether oxygens (including phenoxy) is 1. The molecule has 0 aliphatic carbocycles. The number of esters is 1. The van der Waals surface area contributed by atoms with Crippen LogP contribution in [0.15, 0.2) is 60.7 Å². The Morgan fingerprint density at radius 1 is 0.933 bits per heavy atom. The topological polar surface area (TPSA) is 105 Å². The first-order valence-corrected chi connectivity index (χ1v) is 9.91. The van der Waals surface area contributed by atoms with Crippen LogP contribution < -0.4 is 10.6 Å². The quantitative estimate of drug-likeness (QED) is 0.364. The van der Waals surface area contributed by atoms with E-state index in [1.54, 1.807) is 0 Å². The van der Waals surface area contributed by atoms with Crippen LogP contribution in [-0.4, -0.2) is 48.7 Å². The van der Waals surface area contributed by atoms with Crippen LogP contribution in [0.1, 0.15) is 24.0 Å². The van der Waals surface area contributed by atoms with E-state index in [-0.39, 0.29) is 12.8 Å². The number of carboxylic acid groups (broad SMARTS) is 1. The third kappa shape index (κ3) is 8.05. The highest BCUT2D eigenvalue weighted by atomic mass is 16.5. The number of carbonyl (C=O) groups is 3. The number of hydrogen-bond donors (Lipinski definition) is 3. The molecule has 0 aliphatic heterocycles. The molecule has 0 aromatic heterocycles. The SMILES string of the molecule is COC(=O)[C@H](Cc1ccccc1)NC(=O)[C@H](CC(=O)O)NCCCc1ccccc1. The predicted octanol–water partition coefficient (Wildman–Crippen LogP) is 1.95. The van der Waals surface area contributed by atoms with Gasteiger partial charge < -0.3 is 20.5 Å². The molecule has 0 radical (unpaired) electrons. The number of benzene rings is 2. The van der Waals surface area contributed by atoms with Crippen molar-refractivity contribution in [3.63, 3.8) is 0 Å². The van der Waals surface area contributed by atoms with E-state index >= 15 is 0 Å². The first-order valence-electron chi connectivity index (χ1n) is 9.91. The fourth-order valence-corrected chi connectivity index (χ4v) is 3.10. The van der Waals surface area contributed by atoms with E-state index in [9.17, 15) is 19.5 Å². The molecule has 2 aromatic rings. The summed E-state index contributed by atoms with van der Waals surface area (Å²) in [6.07, 6.45) is 1.44. The van der Waals surface area contributed by atoms with Crippen molar-refractivity contribution in [2.75, 3.05) is 13.7 Å². The van der Waals surface area contributed by atoms with Gasteiger partial charge in [-0.05, 0) is 30.5 Å². The first-order chi connectivity index (χ1) is 14.5. The van der Waals surface area contributed by atoms with Crippen LogP contribution in [0.25, 0.3) is 0 Å². The van der Waals surface area contributed by atoms with Gasteiger partial charge in [0.1, 0.15) is 6.04 Å². The van der Waals surface area contributed by atoms with Crippen LogP contribution in [-0.2, 0) is 32.0 Å². The van der Waals surface area contributed by atoms with Gasteiger partial charge in [0.15, 0.2) is 0 Å². The zero-order chi connectivity index (χ0) is 21.8. The minimum Gasteiger partial charge on any atom is -0.481 e. The van der Waals surface area contributed by atoms with Crippen LogP contribution >= 0.6 is 0 Å². The molecule has 0 saturated heterocycles. The summed E-state index contributed by atoms with van der Waals surface area (Å²) in [7, 11) is 1.25. The molecule has 0 unspecified atom stereocenters. The summed E-state index contributed by atoms with van der Waals surface area (Å²) in [4.78, 5) is 36.1. The lowest BCUT2D eigenvalue weighted by Crippen LogP contribution is -2.52. The van der Waals surface area contributed by atoms with Crippen molar-refractivity contribution in [1.29, 1.82) is 0 Å². The van der Waals surface area contributed by atoms with E-state index in [1.165, 1.54) is 12.7 Å². The van der Waals surface area contributed by atoms with Crippen molar-refractivity contribution in [1.82, 2.24) is 10.6 Å². The second kappa shape index (κ2) is 12.4. The lowest BCUT2D eigenvalue weighted by molar-refractivity contribution is -0.145. The van der Waals surface area contributed by atoms with Gasteiger partial charge in [-0.3, -0.25) is 9.59 Å². The summed E-state index contributed by atoms with van der Waals surface area (Å²) in [6.45, 7) is 0.474. The number of aliphatic carboxylic acids is 1. The van der Waals surface area contributed by atoms with Crippen LogP contribution in [0, 0.1) is 0 Å². The molecule has 2 rings (SSSR count). The molecule has 0 spiro atoms. The highest BCUT2D eigenvalue weighted by Gasteiger charge is 2.27. The van der Waals surface area contributed by atoms with Gasteiger partial charge in [0.25, 0.3) is 0 Å². The molecule has 0 bridgehead atoms. The summed E-state index contributed by atoms with van der Waals surface area (Å²) in [5.41, 5.74) is 2.03. The molecule has 7 nitrogen and oxygen atoms in total. The lowest BCUT2D eigenvalue weighted by atomic mass is 10.0. The fraction of sp³-hybridized carbons (Fsp3) is 0.348. The Labute approximate surface area is 176 Å². The molecule has 0 heterocycles. The Hall–Kier alpha value is -3.19. The maximum absolute atomic E-state index is 12.7. The largest absolute Gasteiger partial charge is 0.481 e. The smallest absolute Gasteiger partial charge is 0.328 e. The van der Waals surface area contributed by atoms with Crippen molar-refractivity contribution in [2.45, 2.75) is 37.8 Å². The van der Waals surface area contributed by atoms with Crippen molar-refractivity contribution in [3.05, 3.63) is 71.8 Å². The zero-order valence-corrected chi connectivity index (χ0v) is 17.0. The number of carbonyl (C=O) groups excluding carboxylic acids is 2. The average molecular weight is 412 g/mol. The zero-order valence-electron chi connectivity index (χ0n) is 17.0. The average Bonchev–Trinajstić information content (AvgIpc) is 2.76. The lowest BCUT2D eigenvalue weighted by Gasteiger charge is -2.21. The molecule has 0 aliphatic rings. The molecule has 2 atom stereocenters. The summed E-state index contributed by atoms with van der Waals surface area (Å²) >= 11 is 0. The highest BCUT2D eigenvalue weighted by molar-refractivity contribution is 5.90. The second-order valence-electron chi connectivity index (χ2n) is 6.97. The van der Waals surface area contributed by atoms with E-state index in [0.717, 1.165) is 18.4 Å². The Bertz CT molecular complexity index is 811. The number of nitrogens with one attached hydrogen (secondary N) is 2. The molecule has 0 fully saturated rings. The van der Waals surface area contributed by atoms with Crippen molar-refractivity contribution < 1.29 is 24.2 Å². The van der Waals surface area contributed by atoms with E-state index in [4.69, 9.17) is 4.74 Å². The Morgan fingerprint density at radius 3 is 2.10 bits per heavy atom. The van der Waals surface area contributed by atoms with Gasteiger partial charge in [-0.25, -0.2) is 4.79 Å². The highest BCUT2D eigenvalue weighted by Crippen LogP contribution is 2.06. The van der Waals surface area contributed by atoms with Crippen molar-refractivity contribution in [2.24, 2.45) is 0 Å². The Kier molecular flexibility index (Phi) is 9.54. The van der Waals surface area contributed by atoms with Gasteiger partial charge in [0, 0.05) is 6.42 Å². The fourth-order valence-electron chi connectivity index (χ4n) is 3.10. The minimum atomic E-state index is -1.09. The van der Waals surface area contributed by atoms with Gasteiger partial charge in [-0.15, -0.1) is 0 Å². The number of methoxy groups -OCH3 is 1. The summed E-state index contributed by atoms with van der Waals surface area (Å²) in [5, 5.41) is 14.8. The molecular formula is C23H28N2O5. The monoisotopic (exact) mass is 412 g/mol. The number of carboxylic acids is 1. The molecule has 0 saturated carbocycles. The predicted molar refractivity (Wildman–Crippen MR) is 113 cm³/mol. The number of hydrogen-bond acceptors (Lipinski definition) is 5. The Balaban J connectivity index is 1.95. The van der Waals surface area contributed by atoms with Crippen LogP contribution in [0.3, 0.4) is 0 Å². The van der Waals surface area contributed by atoms with Crippen LogP contribution in [0.5, 0.6) is 0 Å². The molecule has 7 heteroatoms. The third-order valence-corrected chi connectivity index (χ3v) is 4.66. The van der Waals surface area contributed by atoms with Crippen molar-refractivity contribution in [3.8, 4) is 0 Å². The van der Waals surface area contributed by atoms with Gasteiger partial charge in [-0.1, -0.05) is 60.7 Å². The summed E-state index contributed by atoms with van der Waals surface area (Å²) in [5.74, 6) is -2.21. The Morgan fingerprint density at radius 2 is 1.53 bits per heavy atom. The number of amides is 1. The first kappa shape index (κ1) is 23.1. The number of aryl methyl sites for hydroxylation is 1. The third-order valence-electron chi connectivity index (χ3n) is 4.66. The second-order valence-corrected chi connectivity index (χ2v) is 6.97. The summed E-state index contributed by atoms with van der Waals surface area (Å²) in [6, 6.07) is 17.3. The molecule has 2 aromatic carbocycles. The van der Waals surface area contributed by atoms with Crippen LogP contribution in [0.2, 0.25) is 0 Å². The summed E-state index contributed by atoms with van der Waals surface area (Å²) < 4.78 is 4.80. The number of rotatable bonds is 12. The molecule has 160 valence electrons. The molecule has 1 amide bonds. The van der Waals surface area contributed by atoms with Crippen molar-refractivity contribution >= 4 is 17.8 Å². The molecule has 30 heavy (non-hydrogen) atoms. The maximum atomic E-state index is 12.7. The molecule has 3 N–H and O–H groups in total. The van der Waals surface area contributed by atoms with Gasteiger partial charge in [0.05, 0.1) is 19.6 Å². The van der Waals surface area contributed by atoms with E-state index in [1.807, 2.05) is 60.7 Å². The van der Waals surface area contributed by atoms with E-state index < -0.39 is 29.9 Å². The van der Waals surface area contributed by atoms with Gasteiger partial charge >= 0.3 is 11.9 Å². The molecular weight excluding hydrogens is 384 g/mol. The maximum Gasteiger partial charge on any atom is 0.328 e. The van der Waals surface area contributed by atoms with E-state index in [2.05, 4.69) is 10.6 Å². The van der Waals surface area contributed by atoms with Crippen LogP contribution in [0.4, 0.5) is 0 Å². The normalized spacial score (nSPS) is 12.6. The van der Waals surface area contributed by atoms with Gasteiger partial charge in [0.2, 0.25) is 5.91 Å². The standard InChI is InChI=1S/C23H28N2O5/c1-30-23(29)20(15-18-11-6-3-7-12-18)25-22(28)19(16-21(26)27)24-14-8-13-17-9-4-2-5-10-17/h2-7,9-12,19-20,24H,8,13-16H2,1H3,(H,25,28)(H,26,27)/t19-,20-/m0/s1. The van der Waals surface area contributed by atoms with E-state index in [0.29, 0.717) is 6.54 Å².